The van der Waals surface area contributed by atoms with Crippen molar-refractivity contribution in [2.24, 2.45) is 0 Å². The van der Waals surface area contributed by atoms with Crippen LogP contribution in [0.3, 0.4) is 0 Å². The molecule has 0 aliphatic rings. The highest BCUT2D eigenvalue weighted by molar-refractivity contribution is 6.29. The first-order valence-corrected chi connectivity index (χ1v) is 15.7. The Morgan fingerprint density at radius 3 is 1.63 bits per heavy atom. The molecular weight excluding hydrogens is 558 g/mol. The van der Waals surface area contributed by atoms with Crippen LogP contribution in [0.5, 0.6) is 0 Å². The standard InChI is InChI=1S/C43H27N3/c1-3-13-28(14-4-1)30-25-31(29-15-5-2-6-16-29)27-32(26-30)45-37-21-11-9-19-35(37)42-39(45)23-24-40-41(42)33-17-7-8-18-34(33)43-44-36-20-10-12-22-38(36)46(40)43/h1-27H. The Labute approximate surface area is 265 Å². The van der Waals surface area contributed by atoms with Crippen molar-refractivity contribution in [3.63, 3.8) is 0 Å². The maximum absolute atomic E-state index is 5.12. The van der Waals surface area contributed by atoms with Gasteiger partial charge in [0.25, 0.3) is 0 Å². The zero-order valence-corrected chi connectivity index (χ0v) is 24.9. The van der Waals surface area contributed by atoms with Crippen LogP contribution in [0.15, 0.2) is 164 Å². The topological polar surface area (TPSA) is 22.2 Å². The monoisotopic (exact) mass is 585 g/mol. The van der Waals surface area contributed by atoms with Crippen LogP contribution in [-0.4, -0.2) is 14.0 Å². The molecule has 0 spiro atoms. The second-order valence-corrected chi connectivity index (χ2v) is 12.0. The van der Waals surface area contributed by atoms with E-state index >= 15 is 0 Å². The minimum Gasteiger partial charge on any atom is -0.309 e. The number of imidazole rings is 1. The normalized spacial score (nSPS) is 11.9. The van der Waals surface area contributed by atoms with Crippen LogP contribution >= 0.6 is 0 Å². The second-order valence-electron chi connectivity index (χ2n) is 12.0. The second kappa shape index (κ2) is 9.65. The molecule has 0 N–H and O–H groups in total. The van der Waals surface area contributed by atoms with Gasteiger partial charge >= 0.3 is 0 Å². The van der Waals surface area contributed by atoms with Gasteiger partial charge in [0.15, 0.2) is 0 Å². The van der Waals surface area contributed by atoms with Crippen molar-refractivity contribution >= 4 is 60.2 Å². The smallest absolute Gasteiger partial charge is 0.146 e. The fraction of sp³-hybridized carbons (Fsp3) is 0. The van der Waals surface area contributed by atoms with E-state index in [9.17, 15) is 0 Å². The molecule has 0 atom stereocenters. The van der Waals surface area contributed by atoms with E-state index in [1.54, 1.807) is 0 Å². The summed E-state index contributed by atoms with van der Waals surface area (Å²) in [4.78, 5) is 5.12. The number of fused-ring (bicyclic) bond motifs is 12. The molecule has 0 unspecified atom stereocenters. The lowest BCUT2D eigenvalue weighted by Crippen LogP contribution is -1.97. The largest absolute Gasteiger partial charge is 0.309 e. The quantitative estimate of drug-likeness (QED) is 0.189. The Balaban J connectivity index is 1.38. The van der Waals surface area contributed by atoms with Crippen LogP contribution in [0.4, 0.5) is 0 Å². The average Bonchev–Trinajstić information content (AvgIpc) is 3.69. The van der Waals surface area contributed by atoms with Crippen molar-refractivity contribution in [3.8, 4) is 27.9 Å². The van der Waals surface area contributed by atoms with E-state index in [1.807, 2.05) is 0 Å². The number of pyridine rings is 1. The molecule has 0 radical (unpaired) electrons. The predicted octanol–water partition coefficient (Wildman–Crippen LogP) is 11.2. The molecule has 46 heavy (non-hydrogen) atoms. The molecule has 214 valence electrons. The van der Waals surface area contributed by atoms with E-state index in [-0.39, 0.29) is 0 Å². The molecule has 3 nitrogen and oxygen atoms in total. The van der Waals surface area contributed by atoms with Gasteiger partial charge in [-0.1, -0.05) is 115 Å². The Morgan fingerprint density at radius 2 is 0.913 bits per heavy atom. The highest BCUT2D eigenvalue weighted by Gasteiger charge is 2.20. The minimum absolute atomic E-state index is 0.996. The van der Waals surface area contributed by atoms with Crippen molar-refractivity contribution in [2.75, 3.05) is 0 Å². The lowest BCUT2D eigenvalue weighted by Gasteiger charge is -2.15. The summed E-state index contributed by atoms with van der Waals surface area (Å²) < 4.78 is 4.80. The number of benzene rings is 7. The number of nitrogens with zero attached hydrogens (tertiary/aromatic N) is 3. The Morgan fingerprint density at radius 1 is 0.370 bits per heavy atom. The fourth-order valence-electron chi connectivity index (χ4n) is 7.47. The molecule has 7 aromatic carbocycles. The highest BCUT2D eigenvalue weighted by atomic mass is 15.0. The number of rotatable bonds is 3. The van der Waals surface area contributed by atoms with Crippen LogP contribution in [0.2, 0.25) is 0 Å². The SMILES string of the molecule is c1ccc(-c2cc(-c3ccccc3)cc(-n3c4ccccc4c4c5c6ccccc6c6nc7ccccc7n6c5ccc43)c2)cc1. The minimum atomic E-state index is 0.996. The van der Waals surface area contributed by atoms with Crippen molar-refractivity contribution in [1.82, 2.24) is 14.0 Å². The highest BCUT2D eigenvalue weighted by Crippen LogP contribution is 2.42. The van der Waals surface area contributed by atoms with Gasteiger partial charge in [0.1, 0.15) is 5.65 Å². The van der Waals surface area contributed by atoms with E-state index in [4.69, 9.17) is 4.98 Å². The van der Waals surface area contributed by atoms with Gasteiger partial charge in [-0.05, 0) is 76.2 Å². The lowest BCUT2D eigenvalue weighted by molar-refractivity contribution is 1.18. The summed E-state index contributed by atoms with van der Waals surface area (Å²) in [5.74, 6) is 0. The molecule has 0 fully saturated rings. The Bertz CT molecular complexity index is 2730. The molecule has 3 heteroatoms. The van der Waals surface area contributed by atoms with Crippen molar-refractivity contribution in [3.05, 3.63) is 164 Å². The molecule has 0 aliphatic carbocycles. The maximum Gasteiger partial charge on any atom is 0.146 e. The molecule has 0 aliphatic heterocycles. The molecule has 0 saturated heterocycles. The third-order valence-electron chi connectivity index (χ3n) is 9.45. The van der Waals surface area contributed by atoms with E-state index < -0.39 is 0 Å². The lowest BCUT2D eigenvalue weighted by atomic mass is 9.98. The Hall–Kier alpha value is -6.19. The van der Waals surface area contributed by atoms with Crippen LogP contribution in [0.25, 0.3) is 88.1 Å². The number of hydrogen-bond acceptors (Lipinski definition) is 1. The summed E-state index contributed by atoms with van der Waals surface area (Å²) in [5, 5.41) is 6.13. The fourth-order valence-corrected chi connectivity index (χ4v) is 7.47. The van der Waals surface area contributed by atoms with Gasteiger partial charge in [-0.15, -0.1) is 0 Å². The average molecular weight is 586 g/mol. The van der Waals surface area contributed by atoms with E-state index in [0.717, 1.165) is 27.8 Å². The third kappa shape index (κ3) is 3.57. The molecule has 0 bridgehead atoms. The molecule has 0 saturated carbocycles. The molecule has 0 amide bonds. The van der Waals surface area contributed by atoms with Crippen LogP contribution in [0.1, 0.15) is 0 Å². The van der Waals surface area contributed by atoms with Crippen molar-refractivity contribution in [2.45, 2.75) is 0 Å². The first-order valence-electron chi connectivity index (χ1n) is 15.7. The van der Waals surface area contributed by atoms with E-state index in [0.29, 0.717) is 0 Å². The van der Waals surface area contributed by atoms with E-state index in [2.05, 4.69) is 173 Å². The summed E-state index contributed by atoms with van der Waals surface area (Å²) in [6.45, 7) is 0. The summed E-state index contributed by atoms with van der Waals surface area (Å²) in [5.41, 5.74) is 12.6. The summed E-state index contributed by atoms with van der Waals surface area (Å²) >= 11 is 0. The van der Waals surface area contributed by atoms with Gasteiger partial charge in [-0.2, -0.15) is 0 Å². The summed E-state index contributed by atoms with van der Waals surface area (Å²) in [7, 11) is 0. The zero-order valence-electron chi connectivity index (χ0n) is 24.9. The van der Waals surface area contributed by atoms with Gasteiger partial charge in [-0.25, -0.2) is 4.98 Å². The third-order valence-corrected chi connectivity index (χ3v) is 9.45. The van der Waals surface area contributed by atoms with Gasteiger partial charge < -0.3 is 4.57 Å². The van der Waals surface area contributed by atoms with Gasteiger partial charge in [0.05, 0.1) is 27.6 Å². The van der Waals surface area contributed by atoms with Gasteiger partial charge in [0.2, 0.25) is 0 Å². The van der Waals surface area contributed by atoms with E-state index in [1.165, 1.54) is 60.3 Å². The summed E-state index contributed by atoms with van der Waals surface area (Å²) in [6.07, 6.45) is 0. The zero-order chi connectivity index (χ0) is 30.2. The van der Waals surface area contributed by atoms with Crippen LogP contribution in [0, 0.1) is 0 Å². The first kappa shape index (κ1) is 25.2. The summed E-state index contributed by atoms with van der Waals surface area (Å²) in [6, 6.07) is 59.0. The molecule has 10 rings (SSSR count). The number of para-hydroxylation sites is 3. The molecule has 3 aromatic heterocycles. The van der Waals surface area contributed by atoms with Gasteiger partial charge in [-0.3, -0.25) is 4.40 Å². The van der Waals surface area contributed by atoms with Gasteiger partial charge in [0, 0.05) is 27.2 Å². The molecule has 3 heterocycles. The molecular formula is C43H27N3. The van der Waals surface area contributed by atoms with Crippen LogP contribution in [-0.2, 0) is 0 Å². The van der Waals surface area contributed by atoms with Crippen molar-refractivity contribution in [1.29, 1.82) is 0 Å². The van der Waals surface area contributed by atoms with Crippen LogP contribution < -0.4 is 0 Å². The number of hydrogen-bond donors (Lipinski definition) is 0. The van der Waals surface area contributed by atoms with Crippen molar-refractivity contribution < 1.29 is 0 Å². The maximum atomic E-state index is 5.12. The predicted molar refractivity (Wildman–Crippen MR) is 193 cm³/mol. The number of aromatic nitrogens is 3. The Kier molecular flexibility index (Phi) is 5.28. The molecule has 10 aromatic rings. The first-order chi connectivity index (χ1) is 22.8.